The third-order valence-electron chi connectivity index (χ3n) is 3.55. The Kier molecular flexibility index (Phi) is 7.63. The van der Waals surface area contributed by atoms with E-state index < -0.39 is 4.92 Å². The van der Waals surface area contributed by atoms with Crippen LogP contribution < -0.4 is 16.0 Å². The Balaban J connectivity index is 1.70. The van der Waals surface area contributed by atoms with Gasteiger partial charge in [0.15, 0.2) is 5.96 Å². The van der Waals surface area contributed by atoms with Crippen LogP contribution in [0, 0.1) is 10.1 Å². The lowest BCUT2D eigenvalue weighted by molar-refractivity contribution is -0.384. The lowest BCUT2D eigenvalue weighted by Crippen LogP contribution is -2.40. The Hall–Kier alpha value is -2.87. The van der Waals surface area contributed by atoms with Gasteiger partial charge < -0.3 is 16.0 Å². The van der Waals surface area contributed by atoms with Crippen LogP contribution in [0.4, 0.5) is 11.4 Å². The molecule has 0 atom stereocenters. The van der Waals surface area contributed by atoms with Crippen LogP contribution in [0.3, 0.4) is 0 Å². The molecule has 0 spiro atoms. The van der Waals surface area contributed by atoms with Crippen molar-refractivity contribution in [1.82, 2.24) is 15.6 Å². The molecule has 0 aliphatic rings. The summed E-state index contributed by atoms with van der Waals surface area (Å²) in [6.07, 6.45) is 2.54. The number of guanidine groups is 1. The SMILES string of the molecule is CN=C(NCCNc1ccccc1[N+](=O)[O-])NCCc1ccc(Cl)nc1. The Morgan fingerprint density at radius 3 is 2.65 bits per heavy atom. The van der Waals surface area contributed by atoms with Gasteiger partial charge in [0.05, 0.1) is 4.92 Å². The van der Waals surface area contributed by atoms with Gasteiger partial charge in [-0.3, -0.25) is 15.1 Å². The molecule has 0 fully saturated rings. The van der Waals surface area contributed by atoms with Gasteiger partial charge in [-0.2, -0.15) is 0 Å². The second-order valence-corrected chi connectivity index (χ2v) is 5.75. The zero-order chi connectivity index (χ0) is 18.8. The number of hydrogen-bond donors (Lipinski definition) is 3. The summed E-state index contributed by atoms with van der Waals surface area (Å²) in [5.74, 6) is 0.663. The first-order chi connectivity index (χ1) is 12.6. The summed E-state index contributed by atoms with van der Waals surface area (Å²) in [4.78, 5) is 18.8. The summed E-state index contributed by atoms with van der Waals surface area (Å²) in [5.41, 5.74) is 1.64. The summed E-state index contributed by atoms with van der Waals surface area (Å²) >= 11 is 5.76. The maximum atomic E-state index is 11.0. The monoisotopic (exact) mass is 376 g/mol. The molecule has 2 aromatic rings. The van der Waals surface area contributed by atoms with Crippen molar-refractivity contribution < 1.29 is 4.92 Å². The third kappa shape index (κ3) is 6.21. The van der Waals surface area contributed by atoms with Crippen LogP contribution in [0.2, 0.25) is 5.15 Å². The van der Waals surface area contributed by atoms with Crippen LogP contribution in [-0.4, -0.2) is 42.5 Å². The van der Waals surface area contributed by atoms with Crippen LogP contribution in [0.5, 0.6) is 0 Å². The Labute approximate surface area is 156 Å². The lowest BCUT2D eigenvalue weighted by Gasteiger charge is -2.13. The van der Waals surface area contributed by atoms with Crippen LogP contribution in [0.15, 0.2) is 47.6 Å². The normalized spacial score (nSPS) is 11.1. The van der Waals surface area contributed by atoms with E-state index in [0.717, 1.165) is 12.0 Å². The molecule has 0 saturated carbocycles. The van der Waals surface area contributed by atoms with Crippen LogP contribution in [-0.2, 0) is 6.42 Å². The molecule has 26 heavy (non-hydrogen) atoms. The zero-order valence-corrected chi connectivity index (χ0v) is 15.2. The van der Waals surface area contributed by atoms with E-state index in [9.17, 15) is 10.1 Å². The van der Waals surface area contributed by atoms with Crippen molar-refractivity contribution in [1.29, 1.82) is 0 Å². The number of pyridine rings is 1. The summed E-state index contributed by atoms with van der Waals surface area (Å²) in [6, 6.07) is 10.3. The second-order valence-electron chi connectivity index (χ2n) is 5.37. The molecule has 0 aliphatic carbocycles. The molecular formula is C17H21ClN6O2. The van der Waals surface area contributed by atoms with Crippen molar-refractivity contribution in [2.45, 2.75) is 6.42 Å². The van der Waals surface area contributed by atoms with E-state index in [1.165, 1.54) is 6.07 Å². The molecule has 0 aliphatic heterocycles. The topological polar surface area (TPSA) is 104 Å². The van der Waals surface area contributed by atoms with Crippen molar-refractivity contribution in [3.8, 4) is 0 Å². The van der Waals surface area contributed by atoms with Crippen molar-refractivity contribution in [3.63, 3.8) is 0 Å². The first kappa shape index (κ1) is 19.5. The molecule has 2 rings (SSSR count). The highest BCUT2D eigenvalue weighted by Crippen LogP contribution is 2.22. The number of aliphatic imine (C=N–C) groups is 1. The van der Waals surface area contributed by atoms with Crippen molar-refractivity contribution >= 4 is 28.9 Å². The molecule has 1 aromatic heterocycles. The Morgan fingerprint density at radius 2 is 1.96 bits per heavy atom. The summed E-state index contributed by atoms with van der Waals surface area (Å²) in [5, 5.41) is 20.9. The van der Waals surface area contributed by atoms with Crippen LogP contribution in [0.1, 0.15) is 5.56 Å². The number of anilines is 1. The fraction of sp³-hybridized carbons (Fsp3) is 0.294. The molecule has 9 heteroatoms. The van der Waals surface area contributed by atoms with Crippen molar-refractivity contribution in [3.05, 3.63) is 63.4 Å². The van der Waals surface area contributed by atoms with Gasteiger partial charge in [-0.1, -0.05) is 29.8 Å². The number of para-hydroxylation sites is 2. The number of halogens is 1. The Morgan fingerprint density at radius 1 is 1.19 bits per heavy atom. The largest absolute Gasteiger partial charge is 0.378 e. The van der Waals surface area contributed by atoms with E-state index in [-0.39, 0.29) is 5.69 Å². The molecular weight excluding hydrogens is 356 g/mol. The van der Waals surface area contributed by atoms with Gasteiger partial charge in [0.25, 0.3) is 5.69 Å². The summed E-state index contributed by atoms with van der Waals surface area (Å²) in [6.45, 7) is 1.78. The van der Waals surface area contributed by atoms with E-state index in [4.69, 9.17) is 11.6 Å². The highest BCUT2D eigenvalue weighted by molar-refractivity contribution is 6.29. The molecule has 0 saturated heterocycles. The predicted octanol–water partition coefficient (Wildman–Crippen LogP) is 2.46. The highest BCUT2D eigenvalue weighted by atomic mass is 35.5. The van der Waals surface area contributed by atoms with Gasteiger partial charge in [-0.15, -0.1) is 0 Å². The molecule has 0 unspecified atom stereocenters. The smallest absolute Gasteiger partial charge is 0.292 e. The van der Waals surface area contributed by atoms with Crippen LogP contribution in [0.25, 0.3) is 0 Å². The van der Waals surface area contributed by atoms with Crippen LogP contribution >= 0.6 is 11.6 Å². The number of benzene rings is 1. The molecule has 0 radical (unpaired) electrons. The van der Waals surface area contributed by atoms with Crippen molar-refractivity contribution in [2.24, 2.45) is 4.99 Å². The van der Waals surface area contributed by atoms with Gasteiger partial charge in [0.2, 0.25) is 0 Å². The number of nitro groups is 1. The molecule has 0 bridgehead atoms. The minimum absolute atomic E-state index is 0.0616. The summed E-state index contributed by atoms with van der Waals surface area (Å²) in [7, 11) is 1.69. The van der Waals surface area contributed by atoms with Gasteiger partial charge >= 0.3 is 0 Å². The quantitative estimate of drug-likeness (QED) is 0.163. The molecule has 1 aromatic carbocycles. The third-order valence-corrected chi connectivity index (χ3v) is 3.78. The van der Waals surface area contributed by atoms with Gasteiger partial charge in [0, 0.05) is 38.9 Å². The highest BCUT2D eigenvalue weighted by Gasteiger charge is 2.11. The van der Waals surface area contributed by atoms with Gasteiger partial charge in [0.1, 0.15) is 10.8 Å². The zero-order valence-electron chi connectivity index (χ0n) is 14.4. The molecule has 8 nitrogen and oxygen atoms in total. The first-order valence-corrected chi connectivity index (χ1v) is 8.50. The minimum Gasteiger partial charge on any atom is -0.378 e. The van der Waals surface area contributed by atoms with E-state index in [2.05, 4.69) is 25.9 Å². The standard InChI is InChI=1S/C17H21ClN6O2/c1-19-17(21-9-8-13-6-7-16(18)23-12-13)22-11-10-20-14-4-2-3-5-15(14)24(25)26/h2-7,12,20H,8-11H2,1H3,(H2,19,21,22). The number of rotatable bonds is 8. The fourth-order valence-corrected chi connectivity index (χ4v) is 2.37. The van der Waals surface area contributed by atoms with Gasteiger partial charge in [-0.05, 0) is 24.1 Å². The number of nitro benzene ring substituents is 1. The predicted molar refractivity (Wildman–Crippen MR) is 104 cm³/mol. The molecule has 138 valence electrons. The average Bonchev–Trinajstić information content (AvgIpc) is 2.65. The molecule has 3 N–H and O–H groups in total. The van der Waals surface area contributed by atoms with Crippen molar-refractivity contribution in [2.75, 3.05) is 32.0 Å². The number of nitrogens with one attached hydrogen (secondary N) is 3. The van der Waals surface area contributed by atoms with E-state index in [1.54, 1.807) is 37.5 Å². The van der Waals surface area contributed by atoms with Gasteiger partial charge in [-0.25, -0.2) is 4.98 Å². The second kappa shape index (κ2) is 10.2. The van der Waals surface area contributed by atoms with E-state index in [0.29, 0.717) is 36.4 Å². The lowest BCUT2D eigenvalue weighted by atomic mass is 10.2. The van der Waals surface area contributed by atoms with E-state index >= 15 is 0 Å². The molecule has 1 heterocycles. The maximum absolute atomic E-state index is 11.0. The minimum atomic E-state index is -0.401. The average molecular weight is 377 g/mol. The number of nitrogens with zero attached hydrogens (tertiary/aromatic N) is 3. The summed E-state index contributed by atoms with van der Waals surface area (Å²) < 4.78 is 0. The maximum Gasteiger partial charge on any atom is 0.292 e. The first-order valence-electron chi connectivity index (χ1n) is 8.12. The van der Waals surface area contributed by atoms with E-state index in [1.807, 2.05) is 6.07 Å². The molecule has 0 amide bonds. The number of aromatic nitrogens is 1. The number of hydrogen-bond acceptors (Lipinski definition) is 5. The fourth-order valence-electron chi connectivity index (χ4n) is 2.26. The Bertz CT molecular complexity index is 751.